The first-order valence-corrected chi connectivity index (χ1v) is 11.7. The Labute approximate surface area is 197 Å². The average molecular weight is 463 g/mol. The van der Waals surface area contributed by atoms with Gasteiger partial charge in [0.25, 0.3) is 0 Å². The zero-order chi connectivity index (χ0) is 23.5. The molecule has 5 rings (SSSR count). The molecule has 0 fully saturated rings. The van der Waals surface area contributed by atoms with Gasteiger partial charge in [-0.25, -0.2) is 8.78 Å². The molecule has 0 spiro atoms. The second-order valence-electron chi connectivity index (χ2n) is 8.54. The zero-order valence-electron chi connectivity index (χ0n) is 19.0. The fourth-order valence-corrected chi connectivity index (χ4v) is 4.60. The molecule has 2 aliphatic heterocycles. The second kappa shape index (κ2) is 9.97. The van der Waals surface area contributed by atoms with Crippen LogP contribution in [0.25, 0.3) is 33.9 Å². The molecule has 0 amide bonds. The van der Waals surface area contributed by atoms with E-state index in [9.17, 15) is 0 Å². The van der Waals surface area contributed by atoms with Crippen molar-refractivity contribution in [3.63, 3.8) is 0 Å². The largest absolute Gasteiger partial charge is 0.329 e. The summed E-state index contributed by atoms with van der Waals surface area (Å²) in [5, 5.41) is 15.0. The summed E-state index contributed by atoms with van der Waals surface area (Å²) in [7, 11) is 0. The zero-order valence-corrected chi connectivity index (χ0v) is 19.0. The van der Waals surface area contributed by atoms with E-state index in [1.165, 1.54) is 12.1 Å². The second-order valence-corrected chi connectivity index (χ2v) is 8.54. The van der Waals surface area contributed by atoms with Crippen molar-refractivity contribution < 1.29 is 8.78 Å². The minimum Gasteiger partial charge on any atom is -0.329 e. The minimum absolute atomic E-state index is 0.289. The first-order chi connectivity index (χ1) is 16.7. The van der Waals surface area contributed by atoms with Crippen molar-refractivity contribution in [2.75, 3.05) is 32.7 Å². The van der Waals surface area contributed by atoms with Gasteiger partial charge in [-0.05, 0) is 72.5 Å². The maximum absolute atomic E-state index is 15.2. The van der Waals surface area contributed by atoms with E-state index in [0.717, 1.165) is 61.3 Å². The van der Waals surface area contributed by atoms with Crippen molar-refractivity contribution in [2.24, 2.45) is 5.73 Å². The van der Waals surface area contributed by atoms with Crippen LogP contribution in [0.15, 0.2) is 48.6 Å². The van der Waals surface area contributed by atoms with E-state index >= 15 is 8.78 Å². The Kier molecular flexibility index (Phi) is 6.62. The van der Waals surface area contributed by atoms with E-state index < -0.39 is 0 Å². The maximum Gasteiger partial charge on any atom is 0.167 e. The van der Waals surface area contributed by atoms with Crippen LogP contribution in [0.1, 0.15) is 24.0 Å². The summed E-state index contributed by atoms with van der Waals surface area (Å²) >= 11 is 0. The van der Waals surface area contributed by atoms with Crippen molar-refractivity contribution in [3.8, 4) is 22.8 Å². The molecule has 0 aliphatic carbocycles. The number of nitrogens with zero attached hydrogens (tertiary/aromatic N) is 3. The molecular formula is C26H28F2N6. The van der Waals surface area contributed by atoms with Crippen LogP contribution in [0, 0.1) is 11.6 Å². The molecule has 8 heteroatoms. The Morgan fingerprint density at radius 3 is 1.68 bits per heavy atom. The van der Waals surface area contributed by atoms with E-state index in [0.29, 0.717) is 29.3 Å². The third-order valence-corrected chi connectivity index (χ3v) is 6.39. The van der Waals surface area contributed by atoms with E-state index in [1.807, 2.05) is 12.1 Å². The smallest absolute Gasteiger partial charge is 0.167 e. The molecule has 0 saturated carbocycles. The third kappa shape index (κ3) is 4.44. The van der Waals surface area contributed by atoms with Crippen LogP contribution in [0.4, 0.5) is 8.78 Å². The highest BCUT2D eigenvalue weighted by Gasteiger charge is 2.21. The van der Waals surface area contributed by atoms with Crippen molar-refractivity contribution in [1.29, 1.82) is 0 Å². The van der Waals surface area contributed by atoms with Gasteiger partial charge in [-0.15, -0.1) is 10.2 Å². The molecule has 0 saturated heterocycles. The molecule has 0 atom stereocenters. The number of rotatable bonds is 6. The topological polar surface area (TPSA) is 80.8 Å². The van der Waals surface area contributed by atoms with Crippen LogP contribution in [-0.4, -0.2) is 47.5 Å². The number of aromatic nitrogens is 3. The Hall–Kier alpha value is -3.20. The van der Waals surface area contributed by atoms with Gasteiger partial charge in [-0.2, -0.15) is 0 Å². The fourth-order valence-electron chi connectivity index (χ4n) is 4.60. The van der Waals surface area contributed by atoms with Gasteiger partial charge in [0.15, 0.2) is 11.6 Å². The van der Waals surface area contributed by atoms with Gasteiger partial charge >= 0.3 is 0 Å². The van der Waals surface area contributed by atoms with E-state index in [-0.39, 0.29) is 18.2 Å². The molecule has 1 aromatic heterocycles. The van der Waals surface area contributed by atoms with Crippen LogP contribution in [0.2, 0.25) is 0 Å². The predicted octanol–water partition coefficient (Wildman–Crippen LogP) is 3.60. The molecule has 0 radical (unpaired) electrons. The maximum atomic E-state index is 15.2. The summed E-state index contributed by atoms with van der Waals surface area (Å²) in [4.78, 5) is 0. The van der Waals surface area contributed by atoms with Crippen LogP contribution < -0.4 is 16.4 Å². The summed E-state index contributed by atoms with van der Waals surface area (Å²) in [5.74, 6) is -0.0905. The monoisotopic (exact) mass is 462 g/mol. The summed E-state index contributed by atoms with van der Waals surface area (Å²) in [6.07, 6.45) is 5.88. The number of halogens is 2. The Morgan fingerprint density at radius 1 is 0.794 bits per heavy atom. The summed E-state index contributed by atoms with van der Waals surface area (Å²) in [6.45, 7) is 3.95. The minimum atomic E-state index is -0.386. The molecule has 4 N–H and O–H groups in total. The van der Waals surface area contributed by atoms with Gasteiger partial charge < -0.3 is 20.9 Å². The summed E-state index contributed by atoms with van der Waals surface area (Å²) in [6, 6.07) is 10.3. The van der Waals surface area contributed by atoms with Gasteiger partial charge in [-0.1, -0.05) is 24.3 Å². The standard InChI is InChI=1S/C26H28F2N6/c27-23-15-19(17-5-10-30-11-6-17)1-3-21(23)25-32-33-26(34(25)14-9-29)22-4-2-20(16-24(22)28)18-7-12-31-13-8-18/h1-5,7,15-16,30-31H,6,8-14,29H2. The van der Waals surface area contributed by atoms with E-state index in [4.69, 9.17) is 5.73 Å². The number of hydrogen-bond donors (Lipinski definition) is 3. The summed E-state index contributed by atoms with van der Waals surface area (Å²) < 4.78 is 32.1. The molecule has 2 aliphatic rings. The lowest BCUT2D eigenvalue weighted by atomic mass is 9.98. The van der Waals surface area contributed by atoms with Crippen LogP contribution in [-0.2, 0) is 6.54 Å². The molecule has 0 unspecified atom stereocenters. The quantitative estimate of drug-likeness (QED) is 0.522. The van der Waals surface area contributed by atoms with E-state index in [2.05, 4.69) is 33.0 Å². The molecule has 3 heterocycles. The van der Waals surface area contributed by atoms with Crippen molar-refractivity contribution in [1.82, 2.24) is 25.4 Å². The van der Waals surface area contributed by atoms with Crippen LogP contribution in [0.5, 0.6) is 0 Å². The number of nitrogens with one attached hydrogen (secondary N) is 2. The van der Waals surface area contributed by atoms with Crippen molar-refractivity contribution in [2.45, 2.75) is 19.4 Å². The highest BCUT2D eigenvalue weighted by Crippen LogP contribution is 2.31. The van der Waals surface area contributed by atoms with Gasteiger partial charge in [0.2, 0.25) is 0 Å². The van der Waals surface area contributed by atoms with Gasteiger partial charge in [0.1, 0.15) is 11.6 Å². The van der Waals surface area contributed by atoms with Gasteiger partial charge in [-0.3, -0.25) is 0 Å². The molecule has 176 valence electrons. The lowest BCUT2D eigenvalue weighted by Gasteiger charge is -2.16. The lowest BCUT2D eigenvalue weighted by molar-refractivity contribution is 0.621. The van der Waals surface area contributed by atoms with Crippen molar-refractivity contribution in [3.05, 3.63) is 71.3 Å². The Balaban J connectivity index is 1.51. The fraction of sp³-hybridized carbons (Fsp3) is 0.308. The molecule has 3 aromatic rings. The first-order valence-electron chi connectivity index (χ1n) is 11.7. The highest BCUT2D eigenvalue weighted by molar-refractivity contribution is 5.72. The van der Waals surface area contributed by atoms with Gasteiger partial charge in [0, 0.05) is 26.2 Å². The average Bonchev–Trinajstić information content (AvgIpc) is 3.28. The van der Waals surface area contributed by atoms with Gasteiger partial charge in [0.05, 0.1) is 11.1 Å². The summed E-state index contributed by atoms with van der Waals surface area (Å²) in [5.41, 5.74) is 10.5. The number of benzene rings is 2. The normalized spacial score (nSPS) is 16.3. The SMILES string of the molecule is NCCn1c(-c2ccc(C3=CCNCC3)cc2F)nnc1-c1ccc(C2=CCNCC2)cc1F. The molecule has 2 aromatic carbocycles. The lowest BCUT2D eigenvalue weighted by Crippen LogP contribution is -2.20. The predicted molar refractivity (Wildman–Crippen MR) is 131 cm³/mol. The highest BCUT2D eigenvalue weighted by atomic mass is 19.1. The molecule has 34 heavy (non-hydrogen) atoms. The van der Waals surface area contributed by atoms with Crippen molar-refractivity contribution >= 4 is 11.1 Å². The first kappa shape index (κ1) is 22.6. The molecule has 6 nitrogen and oxygen atoms in total. The Bertz CT molecular complexity index is 1170. The number of nitrogens with two attached hydrogens (primary N) is 1. The van der Waals surface area contributed by atoms with Crippen LogP contribution in [0.3, 0.4) is 0 Å². The van der Waals surface area contributed by atoms with Crippen LogP contribution >= 0.6 is 0 Å². The third-order valence-electron chi connectivity index (χ3n) is 6.39. The molecular weight excluding hydrogens is 434 g/mol. The number of hydrogen-bond acceptors (Lipinski definition) is 5. The molecule has 0 bridgehead atoms. The van der Waals surface area contributed by atoms with E-state index in [1.54, 1.807) is 16.7 Å². The Morgan fingerprint density at radius 2 is 1.29 bits per heavy atom.